The molecule has 0 amide bonds. The number of ether oxygens (including phenoxy) is 1. The van der Waals surface area contributed by atoms with Gasteiger partial charge in [0.2, 0.25) is 0 Å². The van der Waals surface area contributed by atoms with Gasteiger partial charge in [-0.2, -0.15) is 0 Å². The highest BCUT2D eigenvalue weighted by Gasteiger charge is 2.26. The topological polar surface area (TPSA) is 103 Å². The van der Waals surface area contributed by atoms with Gasteiger partial charge in [0.25, 0.3) is 0 Å². The quantitative estimate of drug-likeness (QED) is 0.334. The van der Waals surface area contributed by atoms with Crippen molar-refractivity contribution in [2.24, 2.45) is 10.7 Å². The molecule has 6 N–H and O–H groups in total. The van der Waals surface area contributed by atoms with E-state index in [4.69, 9.17) is 15.5 Å². The van der Waals surface area contributed by atoms with Crippen LogP contribution >= 0.6 is 0 Å². The van der Waals surface area contributed by atoms with Crippen LogP contribution in [0.5, 0.6) is 5.75 Å². The lowest BCUT2D eigenvalue weighted by Crippen LogP contribution is -2.61. The average molecular weight is 415 g/mol. The molecule has 1 atom stereocenters. The minimum Gasteiger partial charge on any atom is -0.496 e. The number of H-pyrrole nitrogens is 2. The largest absolute Gasteiger partial charge is 0.496 e. The van der Waals surface area contributed by atoms with Gasteiger partial charge in [0.15, 0.2) is 5.96 Å². The fraction of sp³-hybridized carbons (Fsp3) is 0.208. The van der Waals surface area contributed by atoms with Crippen molar-refractivity contribution in [3.63, 3.8) is 0 Å². The minimum absolute atomic E-state index is 0.625. The molecule has 1 aliphatic rings. The number of nitrogens with two attached hydrogens (primary N) is 1. The first-order chi connectivity index (χ1) is 15.1. The molecule has 0 aliphatic carbocycles. The van der Waals surface area contributed by atoms with Crippen molar-refractivity contribution >= 4 is 27.8 Å². The normalized spacial score (nSPS) is 19.6. The predicted octanol–water partition coefficient (Wildman–Crippen LogP) is 3.16. The average Bonchev–Trinajstić information content (AvgIpc) is 3.40. The van der Waals surface area contributed by atoms with E-state index in [1.165, 1.54) is 16.5 Å². The summed E-state index contributed by atoms with van der Waals surface area (Å²) >= 11 is 0. The zero-order valence-electron chi connectivity index (χ0n) is 17.4. The van der Waals surface area contributed by atoms with E-state index in [9.17, 15) is 0 Å². The van der Waals surface area contributed by atoms with Crippen molar-refractivity contribution in [2.45, 2.75) is 18.5 Å². The van der Waals surface area contributed by atoms with Gasteiger partial charge in [0.1, 0.15) is 11.4 Å². The molecule has 5 rings (SSSR count). The first-order valence-electron chi connectivity index (χ1n) is 10.4. The Morgan fingerprint density at radius 1 is 1.10 bits per heavy atom. The van der Waals surface area contributed by atoms with Crippen LogP contribution in [0.1, 0.15) is 11.1 Å². The van der Waals surface area contributed by atoms with Crippen LogP contribution in [-0.2, 0) is 12.8 Å². The number of methoxy groups -OCH3 is 1. The number of aliphatic imine (C=N–C) groups is 1. The standard InChI is InChI=1S/C24H26N6O/c1-31-21-4-2-3-20-22(21)18(15-29-20)8-11-27-23-28-12-9-24(25,30-23)14-16-5-6-19-17(13-16)7-10-26-19/h2-7,9-10,12-13,15,26,29H,8,11,14,25H2,1H3,(H2,27,28,30). The molecule has 2 aromatic carbocycles. The van der Waals surface area contributed by atoms with Crippen molar-refractivity contribution in [2.75, 3.05) is 13.7 Å². The number of hydrogen-bond donors (Lipinski definition) is 5. The third-order valence-electron chi connectivity index (χ3n) is 5.69. The molecular weight excluding hydrogens is 388 g/mol. The molecule has 0 bridgehead atoms. The van der Waals surface area contributed by atoms with Crippen molar-refractivity contribution < 1.29 is 4.74 Å². The number of hydrogen-bond acceptors (Lipinski definition) is 3. The van der Waals surface area contributed by atoms with Crippen molar-refractivity contribution in [3.05, 3.63) is 78.3 Å². The van der Waals surface area contributed by atoms with Crippen LogP contribution in [-0.4, -0.2) is 35.2 Å². The Bertz CT molecular complexity index is 1280. The Labute approximate surface area is 180 Å². The molecule has 7 heteroatoms. The van der Waals surface area contributed by atoms with Gasteiger partial charge in [-0.25, -0.2) is 0 Å². The zero-order chi connectivity index (χ0) is 21.3. The Balaban J connectivity index is 1.28. The van der Waals surface area contributed by atoms with Crippen LogP contribution in [0, 0.1) is 0 Å². The van der Waals surface area contributed by atoms with E-state index in [0.717, 1.165) is 28.6 Å². The lowest BCUT2D eigenvalue weighted by molar-refractivity contribution is 0.419. The van der Waals surface area contributed by atoms with Gasteiger partial charge in [0, 0.05) is 48.0 Å². The Morgan fingerprint density at radius 2 is 2.03 bits per heavy atom. The number of guanidine groups is 1. The molecule has 0 fully saturated rings. The summed E-state index contributed by atoms with van der Waals surface area (Å²) in [6.45, 7) is 0.625. The second kappa shape index (κ2) is 7.85. The zero-order valence-corrected chi connectivity index (χ0v) is 17.4. The molecule has 2 aromatic heterocycles. The summed E-state index contributed by atoms with van der Waals surface area (Å²) in [6.07, 6.45) is 9.23. The number of fused-ring (bicyclic) bond motifs is 2. The monoisotopic (exact) mass is 414 g/mol. The van der Waals surface area contributed by atoms with Crippen LogP contribution in [0.4, 0.5) is 0 Å². The molecule has 158 valence electrons. The van der Waals surface area contributed by atoms with Crippen molar-refractivity contribution in [1.82, 2.24) is 20.6 Å². The third-order valence-corrected chi connectivity index (χ3v) is 5.69. The number of aromatic nitrogens is 2. The lowest BCUT2D eigenvalue weighted by atomic mass is 9.98. The fourth-order valence-corrected chi connectivity index (χ4v) is 4.18. The maximum absolute atomic E-state index is 6.63. The summed E-state index contributed by atoms with van der Waals surface area (Å²) in [4.78, 5) is 11.2. The van der Waals surface area contributed by atoms with Gasteiger partial charge in [-0.1, -0.05) is 12.1 Å². The van der Waals surface area contributed by atoms with Crippen molar-refractivity contribution in [1.29, 1.82) is 0 Å². The van der Waals surface area contributed by atoms with Crippen LogP contribution in [0.3, 0.4) is 0 Å². The number of nitrogens with zero attached hydrogens (tertiary/aromatic N) is 1. The lowest BCUT2D eigenvalue weighted by Gasteiger charge is -2.32. The highest BCUT2D eigenvalue weighted by Crippen LogP contribution is 2.28. The van der Waals surface area contributed by atoms with Gasteiger partial charge in [-0.05, 0) is 59.3 Å². The molecule has 3 heterocycles. The summed E-state index contributed by atoms with van der Waals surface area (Å²) < 4.78 is 5.52. The molecule has 4 aromatic rings. The van der Waals surface area contributed by atoms with Gasteiger partial charge < -0.3 is 31.1 Å². The van der Waals surface area contributed by atoms with Crippen LogP contribution in [0.25, 0.3) is 21.8 Å². The third kappa shape index (κ3) is 3.87. The summed E-state index contributed by atoms with van der Waals surface area (Å²) in [6, 6.07) is 14.4. The first-order valence-corrected chi connectivity index (χ1v) is 10.4. The fourth-order valence-electron chi connectivity index (χ4n) is 4.18. The molecule has 1 unspecified atom stereocenters. The van der Waals surface area contributed by atoms with E-state index in [0.29, 0.717) is 18.9 Å². The molecule has 31 heavy (non-hydrogen) atoms. The summed E-state index contributed by atoms with van der Waals surface area (Å²) in [5, 5.41) is 8.81. The highest BCUT2D eigenvalue weighted by molar-refractivity contribution is 5.89. The molecule has 1 aliphatic heterocycles. The molecule has 0 saturated heterocycles. The molecule has 0 saturated carbocycles. The summed E-state index contributed by atoms with van der Waals surface area (Å²) in [5.41, 5.74) is 10.5. The SMILES string of the molecule is COc1cccc2[nH]cc(CCN=C3NC=CC(N)(Cc4ccc5[nH]ccc5c4)N3)c12. The van der Waals surface area contributed by atoms with Crippen molar-refractivity contribution in [3.8, 4) is 5.75 Å². The molecule has 0 radical (unpaired) electrons. The second-order valence-corrected chi connectivity index (χ2v) is 7.90. The van der Waals surface area contributed by atoms with E-state index >= 15 is 0 Å². The second-order valence-electron chi connectivity index (χ2n) is 7.90. The van der Waals surface area contributed by atoms with E-state index in [-0.39, 0.29) is 0 Å². The molecule has 0 spiro atoms. The van der Waals surface area contributed by atoms with Crippen LogP contribution in [0.2, 0.25) is 0 Å². The minimum atomic E-state index is -0.696. The van der Waals surface area contributed by atoms with E-state index in [1.807, 2.05) is 36.8 Å². The molecular formula is C24H26N6O. The maximum Gasteiger partial charge on any atom is 0.197 e. The molecule has 7 nitrogen and oxygen atoms in total. The Hall–Kier alpha value is -3.71. The number of benzene rings is 2. The van der Waals surface area contributed by atoms with E-state index in [1.54, 1.807) is 7.11 Å². The van der Waals surface area contributed by atoms with Gasteiger partial charge in [-0.3, -0.25) is 4.99 Å². The number of rotatable bonds is 6. The maximum atomic E-state index is 6.63. The summed E-state index contributed by atoms with van der Waals surface area (Å²) in [7, 11) is 1.70. The Kier molecular flexibility index (Phi) is 4.88. The van der Waals surface area contributed by atoms with Gasteiger partial charge in [0.05, 0.1) is 7.11 Å². The number of aromatic amines is 2. The Morgan fingerprint density at radius 3 is 2.94 bits per heavy atom. The highest BCUT2D eigenvalue weighted by atomic mass is 16.5. The van der Waals surface area contributed by atoms with Gasteiger partial charge in [-0.15, -0.1) is 0 Å². The smallest absolute Gasteiger partial charge is 0.197 e. The van der Waals surface area contributed by atoms with Crippen LogP contribution in [0.15, 0.2) is 72.1 Å². The number of nitrogens with one attached hydrogen (secondary N) is 4. The first kappa shape index (κ1) is 19.3. The van der Waals surface area contributed by atoms with E-state index in [2.05, 4.69) is 50.9 Å². The summed E-state index contributed by atoms with van der Waals surface area (Å²) in [5.74, 6) is 1.55. The van der Waals surface area contributed by atoms with Gasteiger partial charge >= 0.3 is 0 Å². The predicted molar refractivity (Wildman–Crippen MR) is 125 cm³/mol. The van der Waals surface area contributed by atoms with E-state index < -0.39 is 5.66 Å². The van der Waals surface area contributed by atoms with Crippen LogP contribution < -0.4 is 21.1 Å².